The zero-order valence-electron chi connectivity index (χ0n) is 11.9. The fourth-order valence-corrected chi connectivity index (χ4v) is 1.79. The molecule has 0 radical (unpaired) electrons. The topological polar surface area (TPSA) is 89.2 Å². The minimum atomic E-state index is -0.474. The molecule has 2 N–H and O–H groups in total. The summed E-state index contributed by atoms with van der Waals surface area (Å²) >= 11 is 0. The highest BCUT2D eigenvalue weighted by Gasteiger charge is 2.24. The second-order valence-corrected chi connectivity index (χ2v) is 4.36. The van der Waals surface area contributed by atoms with Gasteiger partial charge in [-0.1, -0.05) is 24.3 Å². The Balaban J connectivity index is 2.28. The van der Waals surface area contributed by atoms with Gasteiger partial charge in [-0.3, -0.25) is 24.5 Å². The summed E-state index contributed by atoms with van der Waals surface area (Å²) < 4.78 is 0. The summed E-state index contributed by atoms with van der Waals surface area (Å²) in [4.78, 5) is 34.1. The number of nitrogens with two attached hydrogens (primary N) is 1. The van der Waals surface area contributed by atoms with Crippen LogP contribution in [0.1, 0.15) is 21.0 Å². The first kappa shape index (κ1) is 15.5. The van der Waals surface area contributed by atoms with Gasteiger partial charge in [0.1, 0.15) is 11.4 Å². The number of pyridine rings is 2. The van der Waals surface area contributed by atoms with Crippen molar-refractivity contribution in [2.75, 3.05) is 13.1 Å². The van der Waals surface area contributed by atoms with Gasteiger partial charge in [0.15, 0.2) is 0 Å². The van der Waals surface area contributed by atoms with Gasteiger partial charge in [0.2, 0.25) is 0 Å². The van der Waals surface area contributed by atoms with E-state index < -0.39 is 11.8 Å². The zero-order valence-corrected chi connectivity index (χ0v) is 11.9. The molecule has 0 aliphatic carbocycles. The molecule has 2 amide bonds. The third-order valence-corrected chi connectivity index (χ3v) is 2.85. The summed E-state index contributed by atoms with van der Waals surface area (Å²) in [6.45, 7) is 0.450. The van der Waals surface area contributed by atoms with E-state index in [0.29, 0.717) is 6.54 Å². The molecule has 0 aromatic carbocycles. The molecule has 0 saturated heterocycles. The second kappa shape index (κ2) is 7.80. The Kier molecular flexibility index (Phi) is 5.50. The van der Waals surface area contributed by atoms with Crippen LogP contribution in [0.3, 0.4) is 0 Å². The van der Waals surface area contributed by atoms with E-state index in [9.17, 15) is 9.59 Å². The van der Waals surface area contributed by atoms with Crippen molar-refractivity contribution >= 4 is 11.8 Å². The Morgan fingerprint density at radius 2 is 1.50 bits per heavy atom. The number of carbonyl (C=O) groups excluding carboxylic acids is 2. The minimum Gasteiger partial charge on any atom is -0.327 e. The lowest BCUT2D eigenvalue weighted by Crippen LogP contribution is -2.38. The molecule has 0 atom stereocenters. The molecule has 2 aromatic rings. The summed E-state index contributed by atoms with van der Waals surface area (Å²) in [6.07, 6.45) is 6.37. The van der Waals surface area contributed by atoms with E-state index in [1.54, 1.807) is 48.6 Å². The van der Waals surface area contributed by atoms with Crippen molar-refractivity contribution in [3.63, 3.8) is 0 Å². The molecule has 112 valence electrons. The molecule has 6 heteroatoms. The van der Waals surface area contributed by atoms with Crippen LogP contribution in [0.5, 0.6) is 0 Å². The highest BCUT2D eigenvalue weighted by atomic mass is 16.2. The molecule has 2 aromatic heterocycles. The minimum absolute atomic E-state index is 0.113. The van der Waals surface area contributed by atoms with Gasteiger partial charge in [-0.15, -0.1) is 0 Å². The molecule has 6 nitrogen and oxygen atoms in total. The summed E-state index contributed by atoms with van der Waals surface area (Å²) in [7, 11) is 0. The molecular weight excluding hydrogens is 280 g/mol. The monoisotopic (exact) mass is 296 g/mol. The Hall–Kier alpha value is -2.86. The van der Waals surface area contributed by atoms with Crippen molar-refractivity contribution < 1.29 is 9.59 Å². The molecule has 0 saturated carbocycles. The smallest absolute Gasteiger partial charge is 0.279 e. The molecule has 0 aliphatic heterocycles. The maximum atomic E-state index is 12.5. The van der Waals surface area contributed by atoms with Crippen molar-refractivity contribution in [2.45, 2.75) is 0 Å². The van der Waals surface area contributed by atoms with E-state index in [2.05, 4.69) is 9.97 Å². The highest BCUT2D eigenvalue weighted by molar-refractivity contribution is 6.08. The summed E-state index contributed by atoms with van der Waals surface area (Å²) in [5.74, 6) is -0.948. The number of aromatic nitrogens is 2. The number of amides is 2. The highest BCUT2D eigenvalue weighted by Crippen LogP contribution is 2.07. The van der Waals surface area contributed by atoms with E-state index in [1.807, 2.05) is 0 Å². The van der Waals surface area contributed by atoms with Gasteiger partial charge in [-0.2, -0.15) is 0 Å². The van der Waals surface area contributed by atoms with Gasteiger partial charge in [0, 0.05) is 25.5 Å². The summed E-state index contributed by atoms with van der Waals surface area (Å²) in [6, 6.07) is 9.92. The normalized spacial score (nSPS) is 10.6. The van der Waals surface area contributed by atoms with Gasteiger partial charge >= 0.3 is 0 Å². The van der Waals surface area contributed by atoms with Crippen LogP contribution < -0.4 is 5.73 Å². The number of imide groups is 1. The third kappa shape index (κ3) is 3.83. The number of rotatable bonds is 5. The van der Waals surface area contributed by atoms with Crippen LogP contribution in [0.2, 0.25) is 0 Å². The van der Waals surface area contributed by atoms with Crippen LogP contribution in [0, 0.1) is 0 Å². The molecular formula is C16H16N4O2. The second-order valence-electron chi connectivity index (χ2n) is 4.36. The fraction of sp³-hybridized carbons (Fsp3) is 0.125. The molecule has 0 spiro atoms. The number of hydrogen-bond donors (Lipinski definition) is 1. The lowest BCUT2D eigenvalue weighted by Gasteiger charge is -2.18. The third-order valence-electron chi connectivity index (χ3n) is 2.85. The van der Waals surface area contributed by atoms with E-state index in [0.717, 1.165) is 4.90 Å². The fourth-order valence-electron chi connectivity index (χ4n) is 1.79. The molecule has 0 fully saturated rings. The lowest BCUT2D eigenvalue weighted by atomic mass is 10.2. The lowest BCUT2D eigenvalue weighted by molar-refractivity contribution is 0.0627. The predicted octanol–water partition coefficient (Wildman–Crippen LogP) is 1.27. The first-order chi connectivity index (χ1) is 10.7. The van der Waals surface area contributed by atoms with Crippen LogP contribution in [-0.4, -0.2) is 39.8 Å². The van der Waals surface area contributed by atoms with Gasteiger partial charge < -0.3 is 5.73 Å². The van der Waals surface area contributed by atoms with Crippen LogP contribution in [-0.2, 0) is 0 Å². The van der Waals surface area contributed by atoms with E-state index in [4.69, 9.17) is 5.73 Å². The quantitative estimate of drug-likeness (QED) is 0.663. The first-order valence-electron chi connectivity index (χ1n) is 6.77. The van der Waals surface area contributed by atoms with E-state index >= 15 is 0 Å². The summed E-state index contributed by atoms with van der Waals surface area (Å²) in [5, 5.41) is 0. The zero-order chi connectivity index (χ0) is 15.8. The van der Waals surface area contributed by atoms with Crippen LogP contribution in [0.25, 0.3) is 0 Å². The SMILES string of the molecule is NCC=CCN(C(=O)c1ccccn1)C(=O)c1ccccn1. The molecule has 0 aliphatic rings. The Bertz CT molecular complexity index is 605. The average molecular weight is 296 g/mol. The summed E-state index contributed by atoms with van der Waals surface area (Å²) in [5.41, 5.74) is 5.79. The Morgan fingerprint density at radius 3 is 1.91 bits per heavy atom. The van der Waals surface area contributed by atoms with Crippen LogP contribution in [0.15, 0.2) is 60.9 Å². The maximum absolute atomic E-state index is 12.5. The average Bonchev–Trinajstić information content (AvgIpc) is 2.59. The van der Waals surface area contributed by atoms with Crippen molar-refractivity contribution in [1.82, 2.24) is 14.9 Å². The standard InChI is InChI=1S/C16H16N4O2/c17-9-3-6-12-20(15(21)13-7-1-4-10-18-13)16(22)14-8-2-5-11-19-14/h1-8,10-11H,9,12,17H2. The number of carbonyl (C=O) groups is 2. The molecule has 0 bridgehead atoms. The number of hydrogen-bond acceptors (Lipinski definition) is 5. The Labute approximate surface area is 128 Å². The van der Waals surface area contributed by atoms with Gasteiger partial charge in [0.05, 0.1) is 0 Å². The molecule has 2 rings (SSSR count). The predicted molar refractivity (Wildman–Crippen MR) is 82.0 cm³/mol. The van der Waals surface area contributed by atoms with E-state index in [1.165, 1.54) is 12.4 Å². The molecule has 0 unspecified atom stereocenters. The molecule has 2 heterocycles. The van der Waals surface area contributed by atoms with Crippen molar-refractivity contribution in [2.24, 2.45) is 5.73 Å². The van der Waals surface area contributed by atoms with Gasteiger partial charge in [-0.05, 0) is 24.3 Å². The van der Waals surface area contributed by atoms with Crippen molar-refractivity contribution in [3.8, 4) is 0 Å². The van der Waals surface area contributed by atoms with Gasteiger partial charge in [-0.25, -0.2) is 0 Å². The molecule has 22 heavy (non-hydrogen) atoms. The Morgan fingerprint density at radius 1 is 0.955 bits per heavy atom. The van der Waals surface area contributed by atoms with Gasteiger partial charge in [0.25, 0.3) is 11.8 Å². The van der Waals surface area contributed by atoms with Crippen LogP contribution in [0.4, 0.5) is 0 Å². The maximum Gasteiger partial charge on any atom is 0.279 e. The van der Waals surface area contributed by atoms with Crippen molar-refractivity contribution in [1.29, 1.82) is 0 Å². The van der Waals surface area contributed by atoms with Crippen LogP contribution >= 0.6 is 0 Å². The first-order valence-corrected chi connectivity index (χ1v) is 6.77. The number of nitrogens with zero attached hydrogens (tertiary/aromatic N) is 3. The largest absolute Gasteiger partial charge is 0.327 e. The van der Waals surface area contributed by atoms with E-state index in [-0.39, 0.29) is 17.9 Å². The van der Waals surface area contributed by atoms with Crippen molar-refractivity contribution in [3.05, 3.63) is 72.3 Å².